The van der Waals surface area contributed by atoms with Gasteiger partial charge in [0.1, 0.15) is 0 Å². The van der Waals surface area contributed by atoms with Crippen LogP contribution < -0.4 is 0 Å². The largest absolute Gasteiger partial charge is 0.478 e. The average Bonchev–Trinajstić information content (AvgIpc) is 2.19. The van der Waals surface area contributed by atoms with Crippen molar-refractivity contribution in [1.29, 1.82) is 0 Å². The molecular weight excluding hydrogens is 192 g/mol. The van der Waals surface area contributed by atoms with E-state index < -0.39 is 14.0 Å². The molecule has 0 radical (unpaired) electrons. The van der Waals surface area contributed by atoms with Crippen molar-refractivity contribution < 1.29 is 9.90 Å². The van der Waals surface area contributed by atoms with E-state index in [9.17, 15) is 4.79 Å². The predicted octanol–water partition coefficient (Wildman–Crippen LogP) is 3.53. The molecule has 0 aliphatic rings. The second kappa shape index (κ2) is 5.34. The molecule has 3 heteroatoms. The molecule has 0 rings (SSSR count). The van der Waals surface area contributed by atoms with Gasteiger partial charge in [-0.05, 0) is 5.54 Å². The lowest BCUT2D eigenvalue weighted by molar-refractivity contribution is -0.132. The summed E-state index contributed by atoms with van der Waals surface area (Å²) in [6, 6.07) is 3.44. The summed E-state index contributed by atoms with van der Waals surface area (Å²) < 4.78 is 0. The maximum Gasteiger partial charge on any atom is 0.330 e. The van der Waals surface area contributed by atoms with Crippen LogP contribution in [0.2, 0.25) is 23.7 Å². The van der Waals surface area contributed by atoms with Gasteiger partial charge in [-0.3, -0.25) is 0 Å². The standard InChI is InChI=1S/C11H22O2Si/c1-6-14(7-2,8-3)10(5)9(4)11(12)13/h10H,4,6-8H2,1-3,5H3,(H,12,13). The van der Waals surface area contributed by atoms with Crippen LogP contribution in [0, 0.1) is 0 Å². The van der Waals surface area contributed by atoms with Gasteiger partial charge in [-0.2, -0.15) is 0 Å². The molecule has 0 spiro atoms. The molecule has 1 N–H and O–H groups in total. The highest BCUT2D eigenvalue weighted by molar-refractivity contribution is 6.81. The Hall–Kier alpha value is -0.573. The monoisotopic (exact) mass is 214 g/mol. The first-order valence-corrected chi connectivity index (χ1v) is 8.07. The van der Waals surface area contributed by atoms with Crippen LogP contribution in [0.1, 0.15) is 27.7 Å². The minimum absolute atomic E-state index is 0.194. The van der Waals surface area contributed by atoms with Crippen LogP contribution in [0.3, 0.4) is 0 Å². The quantitative estimate of drug-likeness (QED) is 0.542. The summed E-state index contributed by atoms with van der Waals surface area (Å²) in [4.78, 5) is 10.9. The third-order valence-electron chi connectivity index (χ3n) is 3.83. The Morgan fingerprint density at radius 2 is 1.64 bits per heavy atom. The predicted molar refractivity (Wildman–Crippen MR) is 63.4 cm³/mol. The fraction of sp³-hybridized carbons (Fsp3) is 0.727. The van der Waals surface area contributed by atoms with Crippen molar-refractivity contribution in [2.45, 2.75) is 51.4 Å². The van der Waals surface area contributed by atoms with E-state index in [2.05, 4.69) is 27.4 Å². The van der Waals surface area contributed by atoms with Gasteiger partial charge in [0, 0.05) is 5.57 Å². The molecule has 1 atom stereocenters. The fourth-order valence-electron chi connectivity index (χ4n) is 2.22. The average molecular weight is 214 g/mol. The molecular formula is C11H22O2Si. The van der Waals surface area contributed by atoms with Crippen LogP contribution in [0.5, 0.6) is 0 Å². The number of hydrogen-bond donors (Lipinski definition) is 1. The highest BCUT2D eigenvalue weighted by Crippen LogP contribution is 2.37. The zero-order valence-electron chi connectivity index (χ0n) is 9.76. The van der Waals surface area contributed by atoms with Crippen LogP contribution in [-0.4, -0.2) is 19.1 Å². The molecule has 0 amide bonds. The first-order chi connectivity index (χ1) is 6.45. The Morgan fingerprint density at radius 3 is 1.86 bits per heavy atom. The van der Waals surface area contributed by atoms with Crippen LogP contribution in [-0.2, 0) is 4.79 Å². The van der Waals surface area contributed by atoms with Gasteiger partial charge in [-0.15, -0.1) is 0 Å². The number of rotatable bonds is 6. The summed E-state index contributed by atoms with van der Waals surface area (Å²) in [5.41, 5.74) is 0.599. The maximum absolute atomic E-state index is 10.9. The van der Waals surface area contributed by atoms with Crippen molar-refractivity contribution in [3.05, 3.63) is 12.2 Å². The van der Waals surface area contributed by atoms with Gasteiger partial charge in [0.15, 0.2) is 0 Å². The second-order valence-electron chi connectivity index (χ2n) is 3.98. The van der Waals surface area contributed by atoms with Gasteiger partial charge in [0.25, 0.3) is 0 Å². The molecule has 0 aromatic heterocycles. The number of aliphatic carboxylic acids is 1. The van der Waals surface area contributed by atoms with E-state index in [-0.39, 0.29) is 5.54 Å². The fourth-order valence-corrected chi connectivity index (χ4v) is 6.42. The Kier molecular flexibility index (Phi) is 5.12. The molecule has 0 aromatic carbocycles. The molecule has 0 aliphatic carbocycles. The van der Waals surface area contributed by atoms with Crippen molar-refractivity contribution in [3.63, 3.8) is 0 Å². The van der Waals surface area contributed by atoms with Gasteiger partial charge in [0.05, 0.1) is 8.07 Å². The Bertz CT molecular complexity index is 211. The number of carboxylic acids is 1. The molecule has 0 aliphatic heterocycles. The molecule has 1 unspecified atom stereocenters. The third-order valence-corrected chi connectivity index (χ3v) is 10.2. The first kappa shape index (κ1) is 13.4. The molecule has 2 nitrogen and oxygen atoms in total. The SMILES string of the molecule is C=C(C(=O)O)C(C)[Si](CC)(CC)CC. The van der Waals surface area contributed by atoms with E-state index in [1.807, 2.05) is 6.92 Å². The van der Waals surface area contributed by atoms with Crippen LogP contribution in [0.4, 0.5) is 0 Å². The summed E-state index contributed by atoms with van der Waals surface area (Å²) in [5, 5.41) is 8.92. The van der Waals surface area contributed by atoms with E-state index in [0.717, 1.165) is 18.1 Å². The van der Waals surface area contributed by atoms with Crippen molar-refractivity contribution >= 4 is 14.0 Å². The lowest BCUT2D eigenvalue weighted by Gasteiger charge is -2.34. The van der Waals surface area contributed by atoms with Crippen LogP contribution in [0.15, 0.2) is 12.2 Å². The van der Waals surface area contributed by atoms with E-state index in [1.54, 1.807) is 0 Å². The van der Waals surface area contributed by atoms with E-state index >= 15 is 0 Å². The lowest BCUT2D eigenvalue weighted by atomic mass is 10.2. The highest BCUT2D eigenvalue weighted by atomic mass is 28.3. The molecule has 0 fully saturated rings. The lowest BCUT2D eigenvalue weighted by Crippen LogP contribution is -2.38. The van der Waals surface area contributed by atoms with Gasteiger partial charge in [0.2, 0.25) is 0 Å². The minimum atomic E-state index is -1.43. The Morgan fingerprint density at radius 1 is 1.29 bits per heavy atom. The van der Waals surface area contributed by atoms with Crippen LogP contribution in [0.25, 0.3) is 0 Å². The molecule has 82 valence electrons. The van der Waals surface area contributed by atoms with E-state index in [0.29, 0.717) is 5.57 Å². The number of carbonyl (C=O) groups is 1. The van der Waals surface area contributed by atoms with Gasteiger partial charge < -0.3 is 5.11 Å². The van der Waals surface area contributed by atoms with Crippen molar-refractivity contribution in [1.82, 2.24) is 0 Å². The molecule has 0 bridgehead atoms. The summed E-state index contributed by atoms with van der Waals surface area (Å²) in [6.07, 6.45) is 0. The molecule has 0 aromatic rings. The van der Waals surface area contributed by atoms with Crippen molar-refractivity contribution in [3.8, 4) is 0 Å². The topological polar surface area (TPSA) is 37.3 Å². The van der Waals surface area contributed by atoms with Gasteiger partial charge >= 0.3 is 5.97 Å². The summed E-state index contributed by atoms with van der Waals surface area (Å²) >= 11 is 0. The Labute approximate surface area is 88.0 Å². The molecule has 0 saturated heterocycles. The molecule has 0 heterocycles. The van der Waals surface area contributed by atoms with Crippen molar-refractivity contribution in [2.24, 2.45) is 0 Å². The molecule has 14 heavy (non-hydrogen) atoms. The summed E-state index contributed by atoms with van der Waals surface area (Å²) in [5.74, 6) is -0.829. The van der Waals surface area contributed by atoms with E-state index in [4.69, 9.17) is 5.11 Å². The van der Waals surface area contributed by atoms with E-state index in [1.165, 1.54) is 0 Å². The zero-order chi connectivity index (χ0) is 11.4. The summed E-state index contributed by atoms with van der Waals surface area (Å²) in [6.45, 7) is 12.3. The zero-order valence-corrected chi connectivity index (χ0v) is 10.8. The minimum Gasteiger partial charge on any atom is -0.478 e. The first-order valence-electron chi connectivity index (χ1n) is 5.37. The third kappa shape index (κ3) is 2.47. The number of carboxylic acid groups (broad SMARTS) is 1. The maximum atomic E-state index is 10.9. The molecule has 0 saturated carbocycles. The smallest absolute Gasteiger partial charge is 0.330 e. The van der Waals surface area contributed by atoms with Gasteiger partial charge in [-0.1, -0.05) is 52.4 Å². The second-order valence-corrected chi connectivity index (χ2v) is 9.69. The number of hydrogen-bond acceptors (Lipinski definition) is 1. The van der Waals surface area contributed by atoms with Gasteiger partial charge in [-0.25, -0.2) is 4.79 Å². The Balaban J connectivity index is 4.84. The van der Waals surface area contributed by atoms with Crippen LogP contribution >= 0.6 is 0 Å². The normalized spacial score (nSPS) is 13.7. The van der Waals surface area contributed by atoms with Crippen molar-refractivity contribution in [2.75, 3.05) is 0 Å². The summed E-state index contributed by atoms with van der Waals surface area (Å²) in [7, 11) is -1.43. The highest BCUT2D eigenvalue weighted by Gasteiger charge is 2.36.